The van der Waals surface area contributed by atoms with Crippen LogP contribution >= 0.6 is 31.9 Å². The summed E-state index contributed by atoms with van der Waals surface area (Å²) in [7, 11) is 0. The Morgan fingerprint density at radius 1 is 1.29 bits per heavy atom. The highest BCUT2D eigenvalue weighted by Crippen LogP contribution is 2.45. The van der Waals surface area contributed by atoms with Gasteiger partial charge in [0, 0.05) is 26.0 Å². The summed E-state index contributed by atoms with van der Waals surface area (Å²) in [6, 6.07) is 3.89. The van der Waals surface area contributed by atoms with E-state index in [4.69, 9.17) is 0 Å². The molecule has 2 aliphatic rings. The summed E-state index contributed by atoms with van der Waals surface area (Å²) in [5, 5.41) is 11.2. The number of aromatic amines is 1. The smallest absolute Gasteiger partial charge is 0.256 e. The number of H-pyrrole nitrogens is 1. The molecule has 2 N–H and O–H groups in total. The molecule has 0 spiro atoms. The van der Waals surface area contributed by atoms with E-state index in [2.05, 4.69) is 36.8 Å². The maximum absolute atomic E-state index is 12.6. The van der Waals surface area contributed by atoms with E-state index in [1.54, 1.807) is 11.1 Å². The van der Waals surface area contributed by atoms with Crippen LogP contribution in [-0.2, 0) is 0 Å². The zero-order valence-corrected chi connectivity index (χ0v) is 14.4. The van der Waals surface area contributed by atoms with E-state index in [0.29, 0.717) is 24.6 Å². The monoisotopic (exact) mass is 412 g/mol. The molecule has 1 saturated heterocycles. The second-order valence-electron chi connectivity index (χ2n) is 6.05. The average Bonchev–Trinajstić information content (AvgIpc) is 3.19. The van der Waals surface area contributed by atoms with Gasteiger partial charge in [-0.25, -0.2) is 0 Å². The summed E-state index contributed by atoms with van der Waals surface area (Å²) < 4.78 is 1.87. The number of β-amino-alcohol motifs (C(OH)–C–C–N with tert-alkyl or cyclic N) is 1. The molecule has 1 aromatic heterocycles. The number of amides is 1. The molecule has 6 heteroatoms. The largest absolute Gasteiger partial charge is 0.386 e. The van der Waals surface area contributed by atoms with Crippen LogP contribution in [0.5, 0.6) is 0 Å². The molecule has 0 atom stereocenters. The van der Waals surface area contributed by atoms with Crippen LogP contribution < -0.4 is 0 Å². The Morgan fingerprint density at radius 3 is 2.62 bits per heavy atom. The van der Waals surface area contributed by atoms with Crippen molar-refractivity contribution in [3.63, 3.8) is 0 Å². The molecule has 21 heavy (non-hydrogen) atoms. The van der Waals surface area contributed by atoms with E-state index in [9.17, 15) is 9.90 Å². The summed E-state index contributed by atoms with van der Waals surface area (Å²) in [6.45, 7) is 0.918. The third kappa shape index (κ3) is 2.15. The van der Waals surface area contributed by atoms with Crippen LogP contribution in [0.2, 0.25) is 0 Å². The highest BCUT2D eigenvalue weighted by Gasteiger charge is 2.53. The number of rotatable bonds is 2. The lowest BCUT2D eigenvalue weighted by Crippen LogP contribution is -2.64. The molecular weight excluding hydrogens is 400 g/mol. The number of fused-ring (bicyclic) bond motifs is 1. The summed E-state index contributed by atoms with van der Waals surface area (Å²) in [5.74, 6) is 0.385. The van der Waals surface area contributed by atoms with Gasteiger partial charge < -0.3 is 15.0 Å². The number of carbonyl (C=O) groups excluding carboxylic acids is 1. The Bertz CT molecular complexity index is 745. The fraction of sp³-hybridized carbons (Fsp3) is 0.400. The standard InChI is InChI=1S/C15H14Br2N2O2/c16-11-3-9-10(5-18-13(9)4-12(11)17)14(20)19-6-15(21,7-19)8-1-2-8/h3-5,8,18,21H,1-2,6-7H2. The molecular formula is C15H14Br2N2O2. The number of hydrogen-bond acceptors (Lipinski definition) is 2. The number of halogens is 2. The van der Waals surface area contributed by atoms with Crippen molar-refractivity contribution in [2.75, 3.05) is 13.1 Å². The van der Waals surface area contributed by atoms with Gasteiger partial charge in [0.15, 0.2) is 0 Å². The predicted molar refractivity (Wildman–Crippen MR) is 87.3 cm³/mol. The fourth-order valence-electron chi connectivity index (χ4n) is 3.10. The lowest BCUT2D eigenvalue weighted by atomic mass is 9.88. The molecule has 0 unspecified atom stereocenters. The number of hydrogen-bond donors (Lipinski definition) is 2. The van der Waals surface area contributed by atoms with E-state index in [0.717, 1.165) is 32.7 Å². The summed E-state index contributed by atoms with van der Waals surface area (Å²) in [4.78, 5) is 17.5. The molecule has 2 heterocycles. The maximum atomic E-state index is 12.6. The van der Waals surface area contributed by atoms with Crippen LogP contribution in [0.4, 0.5) is 0 Å². The number of aliphatic hydroxyl groups is 1. The highest BCUT2D eigenvalue weighted by atomic mass is 79.9. The minimum atomic E-state index is -0.634. The van der Waals surface area contributed by atoms with Gasteiger partial charge in [0.1, 0.15) is 5.60 Å². The predicted octanol–water partition coefficient (Wildman–Crippen LogP) is 3.29. The molecule has 1 aliphatic carbocycles. The van der Waals surface area contributed by atoms with Crippen LogP contribution in [0.3, 0.4) is 0 Å². The summed E-state index contributed by atoms with van der Waals surface area (Å²) >= 11 is 6.93. The van der Waals surface area contributed by atoms with Crippen molar-refractivity contribution in [1.29, 1.82) is 0 Å². The lowest BCUT2D eigenvalue weighted by molar-refractivity contribution is -0.0957. The van der Waals surface area contributed by atoms with Crippen LogP contribution in [0, 0.1) is 5.92 Å². The number of nitrogens with one attached hydrogen (secondary N) is 1. The first kappa shape index (κ1) is 13.8. The minimum absolute atomic E-state index is 0.0132. The van der Waals surface area contributed by atoms with Gasteiger partial charge in [-0.05, 0) is 62.8 Å². The van der Waals surface area contributed by atoms with E-state index in [1.165, 1.54) is 0 Å². The van der Waals surface area contributed by atoms with Crippen molar-refractivity contribution in [2.24, 2.45) is 5.92 Å². The highest BCUT2D eigenvalue weighted by molar-refractivity contribution is 9.13. The zero-order chi connectivity index (χ0) is 14.8. The first-order valence-corrected chi connectivity index (χ1v) is 8.54. The van der Waals surface area contributed by atoms with Gasteiger partial charge in [0.05, 0.1) is 18.7 Å². The maximum Gasteiger partial charge on any atom is 0.256 e. The lowest BCUT2D eigenvalue weighted by Gasteiger charge is -2.46. The van der Waals surface area contributed by atoms with Gasteiger partial charge in [0.2, 0.25) is 0 Å². The van der Waals surface area contributed by atoms with Crippen molar-refractivity contribution in [2.45, 2.75) is 18.4 Å². The van der Waals surface area contributed by atoms with Crippen LogP contribution in [0.1, 0.15) is 23.2 Å². The van der Waals surface area contributed by atoms with Crippen LogP contribution in [0.25, 0.3) is 10.9 Å². The second kappa shape index (κ2) is 4.57. The van der Waals surface area contributed by atoms with Crippen molar-refractivity contribution < 1.29 is 9.90 Å². The second-order valence-corrected chi connectivity index (χ2v) is 7.76. The molecule has 110 valence electrons. The molecule has 0 bridgehead atoms. The van der Waals surface area contributed by atoms with Gasteiger partial charge >= 0.3 is 0 Å². The van der Waals surface area contributed by atoms with E-state index in [1.807, 2.05) is 12.1 Å². The Kier molecular flexibility index (Phi) is 3.00. The minimum Gasteiger partial charge on any atom is -0.386 e. The quantitative estimate of drug-likeness (QED) is 0.793. The topological polar surface area (TPSA) is 56.3 Å². The SMILES string of the molecule is O=C(c1c[nH]c2cc(Br)c(Br)cc12)N1CC(O)(C2CC2)C1. The molecule has 0 radical (unpaired) electrons. The molecule has 2 aromatic rings. The molecule has 1 amide bonds. The van der Waals surface area contributed by atoms with E-state index >= 15 is 0 Å². The van der Waals surface area contributed by atoms with Crippen molar-refractivity contribution >= 4 is 48.7 Å². The Labute approximate surface area is 138 Å². The normalized spacial score (nSPS) is 20.6. The Morgan fingerprint density at radius 2 is 1.95 bits per heavy atom. The van der Waals surface area contributed by atoms with E-state index < -0.39 is 5.60 Å². The fourth-order valence-corrected chi connectivity index (χ4v) is 3.79. The van der Waals surface area contributed by atoms with Gasteiger partial charge in [-0.15, -0.1) is 0 Å². The molecule has 4 nitrogen and oxygen atoms in total. The van der Waals surface area contributed by atoms with Crippen LogP contribution in [0.15, 0.2) is 27.3 Å². The van der Waals surface area contributed by atoms with Gasteiger partial charge in [0.25, 0.3) is 5.91 Å². The summed E-state index contributed by atoms with van der Waals surface area (Å²) in [5.41, 5.74) is 0.952. The Hall–Kier alpha value is -0.850. The third-order valence-electron chi connectivity index (χ3n) is 4.51. The molecule has 4 rings (SSSR count). The molecule has 2 fully saturated rings. The van der Waals surface area contributed by atoms with Crippen molar-refractivity contribution in [3.05, 3.63) is 32.8 Å². The number of carbonyl (C=O) groups is 1. The molecule has 1 aliphatic heterocycles. The first-order valence-electron chi connectivity index (χ1n) is 6.96. The van der Waals surface area contributed by atoms with Gasteiger partial charge in [-0.2, -0.15) is 0 Å². The average molecular weight is 414 g/mol. The number of nitrogens with zero attached hydrogens (tertiary/aromatic N) is 1. The van der Waals surface area contributed by atoms with E-state index in [-0.39, 0.29) is 5.91 Å². The summed E-state index contributed by atoms with van der Waals surface area (Å²) in [6.07, 6.45) is 3.93. The number of aromatic nitrogens is 1. The first-order chi connectivity index (χ1) is 9.98. The number of benzene rings is 1. The van der Waals surface area contributed by atoms with Gasteiger partial charge in [-0.1, -0.05) is 0 Å². The van der Waals surface area contributed by atoms with Crippen molar-refractivity contribution in [1.82, 2.24) is 9.88 Å². The molecule has 1 aromatic carbocycles. The number of likely N-dealkylation sites (tertiary alicyclic amines) is 1. The molecule has 1 saturated carbocycles. The van der Waals surface area contributed by atoms with Gasteiger partial charge in [-0.3, -0.25) is 4.79 Å². The Balaban J connectivity index is 1.62. The van der Waals surface area contributed by atoms with Crippen molar-refractivity contribution in [3.8, 4) is 0 Å². The third-order valence-corrected chi connectivity index (χ3v) is 6.35. The van der Waals surface area contributed by atoms with Crippen LogP contribution in [-0.4, -0.2) is 39.6 Å². The zero-order valence-electron chi connectivity index (χ0n) is 11.2.